The number of nitrogens with one attached hydrogen (secondary N) is 1. The van der Waals surface area contributed by atoms with Crippen LogP contribution in [0, 0.1) is 6.92 Å². The summed E-state index contributed by atoms with van der Waals surface area (Å²) >= 11 is 0.336. The monoisotopic (exact) mass is 377 g/mol. The third-order valence-corrected chi connectivity index (χ3v) is 7.42. The molecule has 0 atom stereocenters. The van der Waals surface area contributed by atoms with Crippen molar-refractivity contribution < 1.29 is 4.57 Å². The molecule has 3 aromatic carbocycles. The molecule has 2 nitrogen and oxygen atoms in total. The normalized spacial score (nSPS) is 11.8. The molecule has 3 heteroatoms. The average molecular weight is 376 g/mol. The van der Waals surface area contributed by atoms with Crippen LogP contribution in [-0.2, 0) is 7.05 Å². The van der Waals surface area contributed by atoms with Crippen molar-refractivity contribution in [3.05, 3.63) is 66.2 Å². The van der Waals surface area contributed by atoms with Gasteiger partial charge in [-0.25, -0.2) is 0 Å². The van der Waals surface area contributed by atoms with Crippen LogP contribution in [0.5, 0.6) is 0 Å². The molecule has 0 spiro atoms. The number of para-hydroxylation sites is 1. The van der Waals surface area contributed by atoms with Crippen molar-refractivity contribution in [2.24, 2.45) is 7.05 Å². The SMILES string of the molecule is Cc1ccccc1-c1[se]c2cc3c(cc2[n+]1C)[nH]c1ccccc13. The molecule has 24 heavy (non-hydrogen) atoms. The van der Waals surface area contributed by atoms with E-state index in [1.165, 1.54) is 47.3 Å². The third-order valence-electron chi connectivity index (χ3n) is 4.83. The zero-order chi connectivity index (χ0) is 16.3. The van der Waals surface area contributed by atoms with Gasteiger partial charge in [0.05, 0.1) is 0 Å². The number of H-pyrrole nitrogens is 1. The molecule has 5 rings (SSSR count). The standard InChI is InChI=1S/C21H17N2Se/c1-13-7-3-4-8-14(13)21-23(2)19-12-18-16(11-20(19)24-21)15-9-5-6-10-17(15)22-18/h3-12,22H,1-2H3/q+1. The number of aromatic amines is 1. The quantitative estimate of drug-likeness (QED) is 0.332. The molecule has 0 radical (unpaired) electrons. The van der Waals surface area contributed by atoms with Gasteiger partial charge in [0.15, 0.2) is 0 Å². The van der Waals surface area contributed by atoms with Gasteiger partial charge < -0.3 is 0 Å². The van der Waals surface area contributed by atoms with E-state index >= 15 is 0 Å². The van der Waals surface area contributed by atoms with Crippen molar-refractivity contribution in [3.63, 3.8) is 0 Å². The summed E-state index contributed by atoms with van der Waals surface area (Å²) in [5.74, 6) is 0. The van der Waals surface area contributed by atoms with Gasteiger partial charge in [-0.1, -0.05) is 0 Å². The molecule has 2 aromatic heterocycles. The zero-order valence-corrected chi connectivity index (χ0v) is 15.3. The van der Waals surface area contributed by atoms with E-state index in [4.69, 9.17) is 0 Å². The number of hydrogen-bond donors (Lipinski definition) is 1. The summed E-state index contributed by atoms with van der Waals surface area (Å²) < 4.78 is 5.30. The number of rotatable bonds is 1. The molecule has 0 aliphatic carbocycles. The summed E-state index contributed by atoms with van der Waals surface area (Å²) in [7, 11) is 2.20. The van der Waals surface area contributed by atoms with Crippen molar-refractivity contribution in [2.45, 2.75) is 6.92 Å². The van der Waals surface area contributed by atoms with Crippen molar-refractivity contribution in [2.75, 3.05) is 0 Å². The van der Waals surface area contributed by atoms with Gasteiger partial charge in [0.1, 0.15) is 0 Å². The molecular weight excluding hydrogens is 359 g/mol. The molecule has 0 aliphatic heterocycles. The first-order valence-electron chi connectivity index (χ1n) is 8.11. The first-order valence-corrected chi connectivity index (χ1v) is 9.83. The fraction of sp³-hybridized carbons (Fsp3) is 0.0952. The van der Waals surface area contributed by atoms with Crippen molar-refractivity contribution in [1.82, 2.24) is 4.98 Å². The van der Waals surface area contributed by atoms with Crippen LogP contribution in [0.1, 0.15) is 5.56 Å². The summed E-state index contributed by atoms with van der Waals surface area (Å²) in [5.41, 5.74) is 6.51. The molecule has 0 fully saturated rings. The van der Waals surface area contributed by atoms with Crippen LogP contribution in [0.2, 0.25) is 0 Å². The molecule has 0 amide bonds. The summed E-state index contributed by atoms with van der Waals surface area (Å²) in [6, 6.07) is 22.0. The van der Waals surface area contributed by atoms with Gasteiger partial charge in [0.2, 0.25) is 0 Å². The Morgan fingerprint density at radius 2 is 1.67 bits per heavy atom. The minimum absolute atomic E-state index is 0.336. The van der Waals surface area contributed by atoms with Gasteiger partial charge in [0, 0.05) is 0 Å². The Morgan fingerprint density at radius 1 is 0.875 bits per heavy atom. The Hall–Kier alpha value is -2.35. The van der Waals surface area contributed by atoms with E-state index in [-0.39, 0.29) is 0 Å². The maximum absolute atomic E-state index is 3.57. The summed E-state index contributed by atoms with van der Waals surface area (Å²) in [6.07, 6.45) is 0. The third kappa shape index (κ3) is 1.92. The van der Waals surface area contributed by atoms with Crippen molar-refractivity contribution in [1.29, 1.82) is 0 Å². The molecule has 0 aliphatic rings. The van der Waals surface area contributed by atoms with E-state index in [2.05, 4.69) is 84.2 Å². The van der Waals surface area contributed by atoms with E-state index in [0.29, 0.717) is 14.5 Å². The van der Waals surface area contributed by atoms with Gasteiger partial charge in [-0.2, -0.15) is 0 Å². The second kappa shape index (κ2) is 5.07. The number of fused-ring (bicyclic) bond motifs is 4. The van der Waals surface area contributed by atoms with Gasteiger partial charge in [-0.15, -0.1) is 0 Å². The van der Waals surface area contributed by atoms with Gasteiger partial charge in [0.25, 0.3) is 0 Å². The van der Waals surface area contributed by atoms with Crippen molar-refractivity contribution >= 4 is 46.1 Å². The molecule has 2 heterocycles. The molecule has 0 bridgehead atoms. The van der Waals surface area contributed by atoms with Crippen LogP contribution in [0.4, 0.5) is 0 Å². The second-order valence-electron chi connectivity index (χ2n) is 6.32. The number of aromatic nitrogens is 2. The van der Waals surface area contributed by atoms with Crippen LogP contribution < -0.4 is 4.57 Å². The molecule has 0 saturated heterocycles. The number of hydrogen-bond acceptors (Lipinski definition) is 0. The number of benzene rings is 3. The summed E-state index contributed by atoms with van der Waals surface area (Å²) in [5, 5.41) is 2.66. The van der Waals surface area contributed by atoms with Crippen LogP contribution in [0.15, 0.2) is 60.7 Å². The predicted octanol–water partition coefficient (Wildman–Crippen LogP) is 4.33. The fourth-order valence-corrected chi connectivity index (χ4v) is 6.18. The average Bonchev–Trinajstić information content (AvgIpc) is 3.11. The molecular formula is C21H17N2Se+. The number of aryl methyl sites for hydroxylation is 2. The Morgan fingerprint density at radius 3 is 2.54 bits per heavy atom. The molecule has 5 aromatic rings. The maximum atomic E-state index is 3.57. The zero-order valence-electron chi connectivity index (χ0n) is 13.6. The Balaban J connectivity index is 1.85. The molecule has 0 unspecified atom stereocenters. The van der Waals surface area contributed by atoms with Crippen molar-refractivity contribution in [3.8, 4) is 10.1 Å². The van der Waals surface area contributed by atoms with Crippen LogP contribution in [-0.4, -0.2) is 19.5 Å². The first kappa shape index (κ1) is 14.0. The Kier molecular flexibility index (Phi) is 2.97. The summed E-state index contributed by atoms with van der Waals surface area (Å²) in [6.45, 7) is 2.20. The topological polar surface area (TPSA) is 19.7 Å². The van der Waals surface area contributed by atoms with Crippen LogP contribution in [0.25, 0.3) is 41.7 Å². The van der Waals surface area contributed by atoms with E-state index in [1.807, 2.05) is 0 Å². The van der Waals surface area contributed by atoms with Crippen LogP contribution in [0.3, 0.4) is 0 Å². The Bertz CT molecular complexity index is 1230. The predicted molar refractivity (Wildman–Crippen MR) is 102 cm³/mol. The van der Waals surface area contributed by atoms with E-state index in [9.17, 15) is 0 Å². The molecule has 1 N–H and O–H groups in total. The molecule has 0 saturated carbocycles. The van der Waals surface area contributed by atoms with Crippen LogP contribution >= 0.6 is 0 Å². The first-order chi connectivity index (χ1) is 11.7. The molecule has 116 valence electrons. The second-order valence-corrected chi connectivity index (χ2v) is 8.48. The summed E-state index contributed by atoms with van der Waals surface area (Å²) in [4.78, 5) is 3.57. The minimum atomic E-state index is 0.336. The van der Waals surface area contributed by atoms with Gasteiger partial charge in [-0.3, -0.25) is 0 Å². The van der Waals surface area contributed by atoms with Gasteiger partial charge in [-0.05, 0) is 0 Å². The van der Waals surface area contributed by atoms with E-state index in [0.717, 1.165) is 0 Å². The Labute approximate surface area is 146 Å². The fourth-order valence-electron chi connectivity index (χ4n) is 3.54. The van der Waals surface area contributed by atoms with E-state index < -0.39 is 0 Å². The van der Waals surface area contributed by atoms with E-state index in [1.54, 1.807) is 0 Å². The van der Waals surface area contributed by atoms with Gasteiger partial charge >= 0.3 is 146 Å². The number of nitrogens with zero attached hydrogens (tertiary/aromatic N) is 1.